The Balaban J connectivity index is 1.32. The Morgan fingerprint density at radius 2 is 1.82 bits per heavy atom. The largest absolute Gasteiger partial charge is 0.497 e. The molecule has 2 heterocycles. The summed E-state index contributed by atoms with van der Waals surface area (Å²) in [6.07, 6.45) is 0.230. The zero-order valence-electron chi connectivity index (χ0n) is 15.8. The van der Waals surface area contributed by atoms with Crippen molar-refractivity contribution in [3.05, 3.63) is 48.5 Å². The molecule has 1 atom stereocenters. The standard InChI is InChI=1S/C21H23N3O3S/c1-27-16-8-6-15(7-9-16)23-10-12-24(13-11-23)20(25)14-19-21(26)22-17-4-2-3-5-18(17)28-19/h2-9,19H,10-14H2,1H3,(H,22,26)/t19-/m1/s1. The van der Waals surface area contributed by atoms with Gasteiger partial charge in [0.25, 0.3) is 0 Å². The van der Waals surface area contributed by atoms with Gasteiger partial charge in [-0.25, -0.2) is 0 Å². The Bertz CT molecular complexity index is 863. The summed E-state index contributed by atoms with van der Waals surface area (Å²) >= 11 is 1.48. The van der Waals surface area contributed by atoms with Crippen molar-refractivity contribution < 1.29 is 14.3 Å². The summed E-state index contributed by atoms with van der Waals surface area (Å²) in [7, 11) is 1.66. The van der Waals surface area contributed by atoms with E-state index in [1.165, 1.54) is 11.8 Å². The van der Waals surface area contributed by atoms with Crippen LogP contribution in [0, 0.1) is 0 Å². The highest BCUT2D eigenvalue weighted by Crippen LogP contribution is 2.36. The number of hydrogen-bond donors (Lipinski definition) is 1. The lowest BCUT2D eigenvalue weighted by molar-refractivity contribution is -0.132. The third-order valence-corrected chi connectivity index (χ3v) is 6.41. The van der Waals surface area contributed by atoms with Gasteiger partial charge in [-0.15, -0.1) is 11.8 Å². The molecule has 6 nitrogen and oxygen atoms in total. The molecule has 0 aromatic heterocycles. The van der Waals surface area contributed by atoms with Crippen LogP contribution in [0.15, 0.2) is 53.4 Å². The minimum atomic E-state index is -0.373. The van der Waals surface area contributed by atoms with Crippen LogP contribution in [0.1, 0.15) is 6.42 Å². The predicted molar refractivity (Wildman–Crippen MR) is 111 cm³/mol. The topological polar surface area (TPSA) is 61.9 Å². The molecule has 28 heavy (non-hydrogen) atoms. The zero-order chi connectivity index (χ0) is 19.5. The number of methoxy groups -OCH3 is 1. The molecule has 0 aliphatic carbocycles. The first-order valence-electron chi connectivity index (χ1n) is 9.37. The minimum absolute atomic E-state index is 0.0430. The second-order valence-corrected chi connectivity index (χ2v) is 8.11. The fraction of sp³-hybridized carbons (Fsp3) is 0.333. The van der Waals surface area contributed by atoms with Crippen molar-refractivity contribution >= 4 is 35.0 Å². The van der Waals surface area contributed by atoms with Gasteiger partial charge in [0.05, 0.1) is 18.0 Å². The highest BCUT2D eigenvalue weighted by atomic mass is 32.2. The first kappa shape index (κ1) is 18.7. The number of thioether (sulfide) groups is 1. The van der Waals surface area contributed by atoms with Crippen LogP contribution < -0.4 is 15.0 Å². The molecule has 0 radical (unpaired) electrons. The summed E-state index contributed by atoms with van der Waals surface area (Å²) < 4.78 is 5.20. The lowest BCUT2D eigenvalue weighted by Crippen LogP contribution is -2.49. The molecule has 1 N–H and O–H groups in total. The Hall–Kier alpha value is -2.67. The Morgan fingerprint density at radius 1 is 1.11 bits per heavy atom. The lowest BCUT2D eigenvalue weighted by atomic mass is 10.2. The molecule has 146 valence electrons. The van der Waals surface area contributed by atoms with Gasteiger partial charge in [-0.3, -0.25) is 9.59 Å². The molecule has 0 saturated carbocycles. The van der Waals surface area contributed by atoms with Gasteiger partial charge in [-0.2, -0.15) is 0 Å². The molecule has 2 aromatic carbocycles. The van der Waals surface area contributed by atoms with Crippen molar-refractivity contribution in [2.75, 3.05) is 43.5 Å². The van der Waals surface area contributed by atoms with Crippen molar-refractivity contribution in [3.63, 3.8) is 0 Å². The molecule has 2 aliphatic heterocycles. The summed E-state index contributed by atoms with van der Waals surface area (Å²) in [6, 6.07) is 15.7. The maximum absolute atomic E-state index is 12.7. The van der Waals surface area contributed by atoms with Crippen LogP contribution in [0.25, 0.3) is 0 Å². The number of fused-ring (bicyclic) bond motifs is 1. The van der Waals surface area contributed by atoms with Gasteiger partial charge >= 0.3 is 0 Å². The molecule has 0 unspecified atom stereocenters. The van der Waals surface area contributed by atoms with E-state index in [0.717, 1.165) is 35.1 Å². The van der Waals surface area contributed by atoms with Gasteiger partial charge < -0.3 is 19.9 Å². The van der Waals surface area contributed by atoms with Crippen molar-refractivity contribution in [1.82, 2.24) is 4.90 Å². The fourth-order valence-corrected chi connectivity index (χ4v) is 4.62. The van der Waals surface area contributed by atoms with E-state index in [-0.39, 0.29) is 23.5 Å². The number of amides is 2. The summed E-state index contributed by atoms with van der Waals surface area (Å²) in [4.78, 5) is 30.2. The highest BCUT2D eigenvalue weighted by Gasteiger charge is 2.31. The summed E-state index contributed by atoms with van der Waals surface area (Å²) in [5.74, 6) is 0.790. The van der Waals surface area contributed by atoms with Crippen LogP contribution in [-0.4, -0.2) is 55.3 Å². The van der Waals surface area contributed by atoms with Crippen molar-refractivity contribution in [2.45, 2.75) is 16.6 Å². The minimum Gasteiger partial charge on any atom is -0.497 e. The van der Waals surface area contributed by atoms with Gasteiger partial charge in [0.1, 0.15) is 5.75 Å². The van der Waals surface area contributed by atoms with Gasteiger partial charge in [-0.1, -0.05) is 12.1 Å². The molecular formula is C21H23N3O3S. The molecule has 0 spiro atoms. The van der Waals surface area contributed by atoms with Crippen molar-refractivity contribution in [1.29, 1.82) is 0 Å². The van der Waals surface area contributed by atoms with E-state index in [9.17, 15) is 9.59 Å². The number of ether oxygens (including phenoxy) is 1. The number of rotatable bonds is 4. The maximum Gasteiger partial charge on any atom is 0.238 e. The molecule has 2 amide bonds. The second kappa shape index (κ2) is 8.14. The van der Waals surface area contributed by atoms with Gasteiger partial charge in [0, 0.05) is 43.2 Å². The normalized spacial score (nSPS) is 19.0. The molecule has 7 heteroatoms. The first-order valence-corrected chi connectivity index (χ1v) is 10.3. The molecule has 1 fully saturated rings. The Kier molecular flexibility index (Phi) is 5.43. The van der Waals surface area contributed by atoms with Crippen LogP contribution in [0.3, 0.4) is 0 Å². The molecule has 2 aromatic rings. The Morgan fingerprint density at radius 3 is 2.54 bits per heavy atom. The van der Waals surface area contributed by atoms with E-state index in [0.29, 0.717) is 13.1 Å². The quantitative estimate of drug-likeness (QED) is 0.860. The Labute approximate surface area is 168 Å². The summed E-state index contributed by atoms with van der Waals surface area (Å²) in [5, 5.41) is 2.53. The zero-order valence-corrected chi connectivity index (χ0v) is 16.6. The van der Waals surface area contributed by atoms with E-state index in [2.05, 4.69) is 10.2 Å². The second-order valence-electron chi connectivity index (χ2n) is 6.86. The van der Waals surface area contributed by atoms with Gasteiger partial charge in [0.2, 0.25) is 11.8 Å². The predicted octanol–water partition coefficient (Wildman–Crippen LogP) is 2.85. The number of carbonyl (C=O) groups is 2. The van der Waals surface area contributed by atoms with Gasteiger partial charge in [0.15, 0.2) is 0 Å². The molecular weight excluding hydrogens is 374 g/mol. The van der Waals surface area contributed by atoms with E-state index in [4.69, 9.17) is 4.74 Å². The van der Waals surface area contributed by atoms with Crippen LogP contribution >= 0.6 is 11.8 Å². The average molecular weight is 398 g/mol. The number of carbonyl (C=O) groups excluding carboxylic acids is 2. The highest BCUT2D eigenvalue weighted by molar-refractivity contribution is 8.01. The number of benzene rings is 2. The number of nitrogens with one attached hydrogen (secondary N) is 1. The lowest BCUT2D eigenvalue weighted by Gasteiger charge is -2.36. The van der Waals surface area contributed by atoms with Crippen LogP contribution in [-0.2, 0) is 9.59 Å². The number of para-hydroxylation sites is 1. The smallest absolute Gasteiger partial charge is 0.238 e. The molecule has 2 aliphatic rings. The molecule has 0 bridgehead atoms. The maximum atomic E-state index is 12.7. The SMILES string of the molecule is COc1ccc(N2CCN(C(=O)C[C@H]3Sc4ccccc4NC3=O)CC2)cc1. The van der Waals surface area contributed by atoms with E-state index in [1.54, 1.807) is 7.11 Å². The van der Waals surface area contributed by atoms with Crippen molar-refractivity contribution in [2.24, 2.45) is 0 Å². The molecule has 4 rings (SSSR count). The summed E-state index contributed by atoms with van der Waals surface area (Å²) in [5.41, 5.74) is 1.96. The van der Waals surface area contributed by atoms with Crippen LogP contribution in [0.5, 0.6) is 5.75 Å². The first-order chi connectivity index (χ1) is 13.6. The fourth-order valence-electron chi connectivity index (χ4n) is 3.52. The van der Waals surface area contributed by atoms with Crippen LogP contribution in [0.4, 0.5) is 11.4 Å². The number of piperazine rings is 1. The van der Waals surface area contributed by atoms with Crippen molar-refractivity contribution in [3.8, 4) is 5.75 Å². The third kappa shape index (κ3) is 3.94. The van der Waals surface area contributed by atoms with E-state index in [1.807, 2.05) is 53.4 Å². The summed E-state index contributed by atoms with van der Waals surface area (Å²) in [6.45, 7) is 2.90. The van der Waals surface area contributed by atoms with E-state index >= 15 is 0 Å². The monoisotopic (exact) mass is 397 g/mol. The van der Waals surface area contributed by atoms with E-state index < -0.39 is 0 Å². The third-order valence-electron chi connectivity index (χ3n) is 5.14. The number of anilines is 2. The number of nitrogens with zero attached hydrogens (tertiary/aromatic N) is 2. The van der Waals surface area contributed by atoms with Gasteiger partial charge in [-0.05, 0) is 36.4 Å². The molecule has 1 saturated heterocycles. The average Bonchev–Trinajstić information content (AvgIpc) is 2.74. The number of hydrogen-bond acceptors (Lipinski definition) is 5. The van der Waals surface area contributed by atoms with Crippen LogP contribution in [0.2, 0.25) is 0 Å².